The quantitative estimate of drug-likeness (QED) is 0.758. The fraction of sp³-hybridized carbons (Fsp3) is 0.545. The maximum atomic E-state index is 12.2. The minimum absolute atomic E-state index is 0.0931. The topological polar surface area (TPSA) is 106 Å². The van der Waals surface area contributed by atoms with Crippen molar-refractivity contribution in [2.75, 3.05) is 13.7 Å². The molecule has 0 aliphatic rings. The van der Waals surface area contributed by atoms with E-state index in [9.17, 15) is 13.2 Å². The highest BCUT2D eigenvalue weighted by atomic mass is 32.2. The second-order valence-corrected chi connectivity index (χ2v) is 5.77. The van der Waals surface area contributed by atoms with Gasteiger partial charge in [0.1, 0.15) is 22.0 Å². The summed E-state index contributed by atoms with van der Waals surface area (Å²) in [5, 5.41) is 8.90. The van der Waals surface area contributed by atoms with Gasteiger partial charge in [-0.2, -0.15) is 0 Å². The van der Waals surface area contributed by atoms with Crippen molar-refractivity contribution in [3.63, 3.8) is 0 Å². The highest BCUT2D eigenvalue weighted by molar-refractivity contribution is 7.89. The van der Waals surface area contributed by atoms with Gasteiger partial charge in [0, 0.05) is 6.04 Å². The van der Waals surface area contributed by atoms with E-state index in [1.165, 1.54) is 20.8 Å². The Hall–Kier alpha value is -1.38. The van der Waals surface area contributed by atoms with E-state index < -0.39 is 22.0 Å². The first-order chi connectivity index (χ1) is 8.74. The van der Waals surface area contributed by atoms with Gasteiger partial charge in [-0.05, 0) is 20.8 Å². The Labute approximate surface area is 111 Å². The number of hydrogen-bond acceptors (Lipinski definition) is 6. The van der Waals surface area contributed by atoms with E-state index in [0.717, 1.165) is 7.11 Å². The van der Waals surface area contributed by atoms with Crippen molar-refractivity contribution in [3.8, 4) is 0 Å². The van der Waals surface area contributed by atoms with Crippen molar-refractivity contribution < 1.29 is 27.5 Å². The number of hydrogen-bond donors (Lipinski definition) is 2. The molecule has 1 aromatic rings. The zero-order valence-electron chi connectivity index (χ0n) is 11.2. The van der Waals surface area contributed by atoms with Gasteiger partial charge in [0.05, 0.1) is 13.7 Å². The van der Waals surface area contributed by atoms with Gasteiger partial charge in [-0.3, -0.25) is 0 Å². The summed E-state index contributed by atoms with van der Waals surface area (Å²) >= 11 is 0. The predicted molar refractivity (Wildman–Crippen MR) is 66.4 cm³/mol. The Bertz CT molecular complexity index is 574. The van der Waals surface area contributed by atoms with Crippen LogP contribution >= 0.6 is 0 Å². The van der Waals surface area contributed by atoms with Crippen LogP contribution in [-0.2, 0) is 14.8 Å². The van der Waals surface area contributed by atoms with E-state index in [-0.39, 0.29) is 28.6 Å². The first-order valence-electron chi connectivity index (χ1n) is 5.56. The predicted octanol–water partition coefficient (Wildman–Crippen LogP) is 0.342. The lowest BCUT2D eigenvalue weighted by Crippen LogP contribution is -2.35. The number of methoxy groups -OCH3 is 1. The summed E-state index contributed by atoms with van der Waals surface area (Å²) < 4.78 is 36.4. The van der Waals surface area contributed by atoms with Gasteiger partial charge >= 0.3 is 5.97 Å². The Balaban J connectivity index is 3.38. The van der Waals surface area contributed by atoms with Crippen LogP contribution in [0, 0.1) is 13.8 Å². The van der Waals surface area contributed by atoms with Crippen LogP contribution in [-0.4, -0.2) is 39.3 Å². The third-order valence-corrected chi connectivity index (χ3v) is 4.24. The van der Waals surface area contributed by atoms with Gasteiger partial charge in [0.15, 0.2) is 0 Å². The number of aryl methyl sites for hydroxylation is 2. The fourth-order valence-corrected chi connectivity index (χ4v) is 3.32. The summed E-state index contributed by atoms with van der Waals surface area (Å²) in [6.45, 7) is 4.06. The molecule has 0 radical (unpaired) electrons. The van der Waals surface area contributed by atoms with Crippen molar-refractivity contribution in [2.45, 2.75) is 31.7 Å². The first-order valence-corrected chi connectivity index (χ1v) is 7.04. The molecule has 0 amide bonds. The average Bonchev–Trinajstić information content (AvgIpc) is 2.63. The monoisotopic (exact) mass is 291 g/mol. The lowest BCUT2D eigenvalue weighted by molar-refractivity contribution is 0.0595. The van der Waals surface area contributed by atoms with Crippen molar-refractivity contribution >= 4 is 16.0 Å². The minimum atomic E-state index is -3.97. The zero-order valence-corrected chi connectivity index (χ0v) is 12.0. The lowest BCUT2D eigenvalue weighted by Gasteiger charge is -2.11. The average molecular weight is 291 g/mol. The second-order valence-electron chi connectivity index (χ2n) is 4.12. The van der Waals surface area contributed by atoms with Gasteiger partial charge in [0.25, 0.3) is 0 Å². The number of furan rings is 1. The normalized spacial score (nSPS) is 13.3. The molecule has 0 aromatic carbocycles. The molecule has 0 aliphatic carbocycles. The van der Waals surface area contributed by atoms with E-state index in [1.54, 1.807) is 0 Å². The minimum Gasteiger partial charge on any atom is -0.465 e. The zero-order chi connectivity index (χ0) is 14.8. The number of aliphatic hydroxyl groups excluding tert-OH is 1. The molecule has 108 valence electrons. The van der Waals surface area contributed by atoms with Crippen LogP contribution in [0.3, 0.4) is 0 Å². The van der Waals surface area contributed by atoms with Gasteiger partial charge in [0.2, 0.25) is 10.0 Å². The first kappa shape index (κ1) is 15.7. The van der Waals surface area contributed by atoms with E-state index in [4.69, 9.17) is 9.52 Å². The molecule has 19 heavy (non-hydrogen) atoms. The summed E-state index contributed by atoms with van der Waals surface area (Å²) in [6, 6.07) is -0.676. The van der Waals surface area contributed by atoms with Crippen LogP contribution < -0.4 is 4.72 Å². The summed E-state index contributed by atoms with van der Waals surface area (Å²) in [7, 11) is -2.81. The SMILES string of the molecule is COC(=O)c1c(C)oc(C)c1S(=O)(=O)N[C@@H](C)CO. The Morgan fingerprint density at radius 2 is 2.00 bits per heavy atom. The summed E-state index contributed by atoms with van der Waals surface area (Å²) in [5.74, 6) is -0.525. The number of esters is 1. The summed E-state index contributed by atoms with van der Waals surface area (Å²) in [4.78, 5) is 11.4. The van der Waals surface area contributed by atoms with E-state index >= 15 is 0 Å². The van der Waals surface area contributed by atoms with Crippen LogP contribution in [0.1, 0.15) is 28.8 Å². The summed E-state index contributed by atoms with van der Waals surface area (Å²) in [6.07, 6.45) is 0. The molecule has 0 spiro atoms. The number of rotatable bonds is 5. The molecule has 1 rings (SSSR count). The Morgan fingerprint density at radius 1 is 1.42 bits per heavy atom. The second kappa shape index (κ2) is 5.72. The molecule has 0 aliphatic heterocycles. The third kappa shape index (κ3) is 3.14. The van der Waals surface area contributed by atoms with Crippen molar-refractivity contribution in [2.24, 2.45) is 0 Å². The molecule has 7 nitrogen and oxygen atoms in total. The number of sulfonamides is 1. The molecule has 2 N–H and O–H groups in total. The highest BCUT2D eigenvalue weighted by Crippen LogP contribution is 2.27. The van der Waals surface area contributed by atoms with Crippen LogP contribution in [0.25, 0.3) is 0 Å². The Kier molecular flexibility index (Phi) is 4.72. The molecule has 0 saturated heterocycles. The van der Waals surface area contributed by atoms with E-state index in [1.807, 2.05) is 0 Å². The van der Waals surface area contributed by atoms with Crippen molar-refractivity contribution in [3.05, 3.63) is 17.1 Å². The molecule has 8 heteroatoms. The van der Waals surface area contributed by atoms with Crippen LogP contribution in [0.5, 0.6) is 0 Å². The van der Waals surface area contributed by atoms with Crippen LogP contribution in [0.2, 0.25) is 0 Å². The number of nitrogens with one attached hydrogen (secondary N) is 1. The molecular weight excluding hydrogens is 274 g/mol. The van der Waals surface area contributed by atoms with Crippen molar-refractivity contribution in [1.82, 2.24) is 4.72 Å². The Morgan fingerprint density at radius 3 is 2.47 bits per heavy atom. The summed E-state index contributed by atoms with van der Waals surface area (Å²) in [5.41, 5.74) is -0.127. The molecule has 0 bridgehead atoms. The molecule has 0 unspecified atom stereocenters. The molecule has 0 fully saturated rings. The maximum Gasteiger partial charge on any atom is 0.342 e. The standard InChI is InChI=1S/C11H17NO6S/c1-6(5-13)12-19(15,16)10-8(3)18-7(2)9(10)11(14)17-4/h6,12-13H,5H2,1-4H3/t6-/m0/s1. The van der Waals surface area contributed by atoms with E-state index in [0.29, 0.717) is 0 Å². The van der Waals surface area contributed by atoms with Gasteiger partial charge < -0.3 is 14.3 Å². The largest absolute Gasteiger partial charge is 0.465 e. The van der Waals surface area contributed by atoms with Gasteiger partial charge in [-0.1, -0.05) is 0 Å². The molecule has 1 aromatic heterocycles. The number of aliphatic hydroxyl groups is 1. The molecule has 1 heterocycles. The molecule has 0 saturated carbocycles. The van der Waals surface area contributed by atoms with Crippen LogP contribution in [0.15, 0.2) is 9.31 Å². The van der Waals surface area contributed by atoms with Crippen molar-refractivity contribution in [1.29, 1.82) is 0 Å². The number of ether oxygens (including phenoxy) is 1. The van der Waals surface area contributed by atoms with E-state index in [2.05, 4.69) is 9.46 Å². The van der Waals surface area contributed by atoms with Gasteiger partial charge in [-0.15, -0.1) is 0 Å². The van der Waals surface area contributed by atoms with Gasteiger partial charge in [-0.25, -0.2) is 17.9 Å². The van der Waals surface area contributed by atoms with Crippen LogP contribution in [0.4, 0.5) is 0 Å². The lowest BCUT2D eigenvalue weighted by atomic mass is 10.2. The highest BCUT2D eigenvalue weighted by Gasteiger charge is 2.32. The number of carbonyl (C=O) groups is 1. The molecular formula is C11H17NO6S. The smallest absolute Gasteiger partial charge is 0.342 e. The molecule has 1 atom stereocenters. The number of carbonyl (C=O) groups excluding carboxylic acids is 1. The fourth-order valence-electron chi connectivity index (χ4n) is 1.69. The maximum absolute atomic E-state index is 12.2. The third-order valence-electron chi connectivity index (χ3n) is 2.49.